The Labute approximate surface area is 113 Å². The zero-order valence-electron chi connectivity index (χ0n) is 11.1. The molecular weight excluding hydrogens is 244 g/mol. The molecule has 0 amide bonds. The molecule has 0 aromatic heterocycles. The van der Waals surface area contributed by atoms with Crippen molar-refractivity contribution in [3.63, 3.8) is 0 Å². The molecule has 1 fully saturated rings. The van der Waals surface area contributed by atoms with Crippen molar-refractivity contribution in [1.82, 2.24) is 0 Å². The smallest absolute Gasteiger partial charge is 0.338 e. The van der Waals surface area contributed by atoms with Gasteiger partial charge in [-0.25, -0.2) is 4.79 Å². The number of hydrogen-bond acceptors (Lipinski definition) is 5. The number of anilines is 2. The topological polar surface area (TPSA) is 75.8 Å². The maximum absolute atomic E-state index is 11.6. The van der Waals surface area contributed by atoms with Crippen LogP contribution in [0.3, 0.4) is 0 Å². The normalized spacial score (nSPS) is 14.2. The number of hydrogen-bond donors (Lipinski definition) is 2. The summed E-state index contributed by atoms with van der Waals surface area (Å²) in [6.07, 6.45) is 2.25. The first kappa shape index (κ1) is 13.7. The molecule has 3 N–H and O–H groups in total. The van der Waals surface area contributed by atoms with Crippen LogP contribution in [0.15, 0.2) is 18.2 Å². The average Bonchev–Trinajstić information content (AvgIpc) is 3.21. The Balaban J connectivity index is 2.20. The minimum atomic E-state index is -0.360. The van der Waals surface area contributed by atoms with Gasteiger partial charge >= 0.3 is 5.97 Å². The number of carbonyl (C=O) groups excluding carboxylic acids is 1. The van der Waals surface area contributed by atoms with Gasteiger partial charge in [-0.15, -0.1) is 0 Å². The summed E-state index contributed by atoms with van der Waals surface area (Å²) < 4.78 is 4.94. The van der Waals surface area contributed by atoms with E-state index in [1.54, 1.807) is 19.1 Å². The second-order valence-corrected chi connectivity index (χ2v) is 4.64. The molecule has 0 radical (unpaired) electrons. The van der Waals surface area contributed by atoms with Gasteiger partial charge in [0.2, 0.25) is 0 Å². The summed E-state index contributed by atoms with van der Waals surface area (Å²) in [6.45, 7) is 2.77. The van der Waals surface area contributed by atoms with Gasteiger partial charge in [0.05, 0.1) is 30.2 Å². The first-order valence-electron chi connectivity index (χ1n) is 6.61. The fraction of sp³-hybridized carbons (Fsp3) is 0.500. The van der Waals surface area contributed by atoms with E-state index in [1.165, 1.54) is 0 Å². The third-order valence-electron chi connectivity index (χ3n) is 3.18. The second kappa shape index (κ2) is 5.93. The van der Waals surface area contributed by atoms with Gasteiger partial charge in [-0.1, -0.05) is 0 Å². The van der Waals surface area contributed by atoms with Crippen LogP contribution in [0.1, 0.15) is 30.1 Å². The summed E-state index contributed by atoms with van der Waals surface area (Å²) >= 11 is 0. The molecule has 0 saturated heterocycles. The third-order valence-corrected chi connectivity index (χ3v) is 3.18. The molecule has 19 heavy (non-hydrogen) atoms. The zero-order chi connectivity index (χ0) is 13.8. The highest BCUT2D eigenvalue weighted by atomic mass is 16.5. The Hall–Kier alpha value is -1.75. The molecule has 0 aliphatic heterocycles. The fourth-order valence-corrected chi connectivity index (χ4v) is 2.15. The maximum atomic E-state index is 11.6. The van der Waals surface area contributed by atoms with E-state index in [9.17, 15) is 4.79 Å². The SMILES string of the molecule is CCOC(=O)c1ccc(N(CCO)C2CC2)c(N)c1. The average molecular weight is 264 g/mol. The number of nitrogens with two attached hydrogens (primary N) is 1. The van der Waals surface area contributed by atoms with Crippen LogP contribution >= 0.6 is 0 Å². The lowest BCUT2D eigenvalue weighted by Gasteiger charge is -2.25. The Kier molecular flexibility index (Phi) is 4.27. The lowest BCUT2D eigenvalue weighted by Crippen LogP contribution is -2.29. The molecule has 0 heterocycles. The lowest BCUT2D eigenvalue weighted by atomic mass is 10.1. The Bertz CT molecular complexity index is 458. The van der Waals surface area contributed by atoms with Crippen molar-refractivity contribution in [2.24, 2.45) is 0 Å². The van der Waals surface area contributed by atoms with Crippen molar-refractivity contribution in [1.29, 1.82) is 0 Å². The number of benzene rings is 1. The van der Waals surface area contributed by atoms with Gasteiger partial charge in [0, 0.05) is 12.6 Å². The molecule has 0 bridgehead atoms. The molecule has 0 unspecified atom stereocenters. The van der Waals surface area contributed by atoms with Crippen molar-refractivity contribution >= 4 is 17.3 Å². The monoisotopic (exact) mass is 264 g/mol. The molecule has 1 saturated carbocycles. The number of carbonyl (C=O) groups is 1. The van der Waals surface area contributed by atoms with Crippen LogP contribution in [0.2, 0.25) is 0 Å². The zero-order valence-corrected chi connectivity index (χ0v) is 11.1. The number of ether oxygens (including phenoxy) is 1. The number of nitrogens with zero attached hydrogens (tertiary/aromatic N) is 1. The maximum Gasteiger partial charge on any atom is 0.338 e. The Morgan fingerprint density at radius 1 is 1.53 bits per heavy atom. The van der Waals surface area contributed by atoms with E-state index in [1.807, 2.05) is 6.07 Å². The molecule has 2 rings (SSSR count). The van der Waals surface area contributed by atoms with Crippen LogP contribution in [0.25, 0.3) is 0 Å². The van der Waals surface area contributed by atoms with Gasteiger partial charge in [-0.05, 0) is 38.0 Å². The van der Waals surface area contributed by atoms with Crippen molar-refractivity contribution in [3.8, 4) is 0 Å². The summed E-state index contributed by atoms with van der Waals surface area (Å²) in [5.74, 6) is -0.360. The first-order chi connectivity index (χ1) is 9.17. The molecule has 1 aromatic rings. The van der Waals surface area contributed by atoms with Gasteiger partial charge in [-0.2, -0.15) is 0 Å². The van der Waals surface area contributed by atoms with Gasteiger partial charge < -0.3 is 20.5 Å². The predicted molar refractivity (Wildman–Crippen MR) is 74.3 cm³/mol. The van der Waals surface area contributed by atoms with Crippen LogP contribution in [-0.2, 0) is 4.74 Å². The number of aliphatic hydroxyl groups excluding tert-OH is 1. The minimum absolute atomic E-state index is 0.0928. The largest absolute Gasteiger partial charge is 0.462 e. The summed E-state index contributed by atoms with van der Waals surface area (Å²) in [5, 5.41) is 9.12. The van der Waals surface area contributed by atoms with Crippen LogP contribution in [0.5, 0.6) is 0 Å². The van der Waals surface area contributed by atoms with E-state index < -0.39 is 0 Å². The van der Waals surface area contributed by atoms with E-state index in [0.717, 1.165) is 18.5 Å². The molecule has 104 valence electrons. The highest BCUT2D eigenvalue weighted by Crippen LogP contribution is 2.34. The minimum Gasteiger partial charge on any atom is -0.462 e. The highest BCUT2D eigenvalue weighted by Gasteiger charge is 2.30. The van der Waals surface area contributed by atoms with Crippen molar-refractivity contribution in [3.05, 3.63) is 23.8 Å². The second-order valence-electron chi connectivity index (χ2n) is 4.64. The lowest BCUT2D eigenvalue weighted by molar-refractivity contribution is 0.0526. The van der Waals surface area contributed by atoms with Crippen LogP contribution in [-0.4, -0.2) is 36.9 Å². The van der Waals surface area contributed by atoms with E-state index in [0.29, 0.717) is 30.4 Å². The number of aliphatic hydroxyl groups is 1. The predicted octanol–water partition coefficient (Wildman–Crippen LogP) is 1.41. The summed E-state index contributed by atoms with van der Waals surface area (Å²) in [6, 6.07) is 5.65. The summed E-state index contributed by atoms with van der Waals surface area (Å²) in [4.78, 5) is 13.7. The van der Waals surface area contributed by atoms with Crippen LogP contribution in [0.4, 0.5) is 11.4 Å². The van der Waals surface area contributed by atoms with Crippen molar-refractivity contribution < 1.29 is 14.6 Å². The molecule has 0 spiro atoms. The van der Waals surface area contributed by atoms with Gasteiger partial charge in [0.1, 0.15) is 0 Å². The number of esters is 1. The Morgan fingerprint density at radius 2 is 2.26 bits per heavy atom. The molecule has 0 atom stereocenters. The number of rotatable bonds is 6. The molecule has 1 aromatic carbocycles. The first-order valence-corrected chi connectivity index (χ1v) is 6.61. The summed E-state index contributed by atoms with van der Waals surface area (Å²) in [7, 11) is 0. The van der Waals surface area contributed by atoms with E-state index in [-0.39, 0.29) is 12.6 Å². The molecule has 1 aliphatic rings. The van der Waals surface area contributed by atoms with E-state index in [4.69, 9.17) is 15.6 Å². The standard InChI is InChI=1S/C14H20N2O3/c1-2-19-14(18)10-3-6-13(12(15)9-10)16(7-8-17)11-4-5-11/h3,6,9,11,17H,2,4-5,7-8,15H2,1H3. The van der Waals surface area contributed by atoms with E-state index in [2.05, 4.69) is 4.90 Å². The Morgan fingerprint density at radius 3 is 2.79 bits per heavy atom. The van der Waals surface area contributed by atoms with Crippen molar-refractivity contribution in [2.45, 2.75) is 25.8 Å². The van der Waals surface area contributed by atoms with Gasteiger partial charge in [0.15, 0.2) is 0 Å². The summed E-state index contributed by atoms with van der Waals surface area (Å²) in [5.41, 5.74) is 7.91. The molecule has 5 nitrogen and oxygen atoms in total. The molecular formula is C14H20N2O3. The highest BCUT2D eigenvalue weighted by molar-refractivity contribution is 5.92. The van der Waals surface area contributed by atoms with E-state index >= 15 is 0 Å². The van der Waals surface area contributed by atoms with Crippen molar-refractivity contribution in [2.75, 3.05) is 30.4 Å². The third kappa shape index (κ3) is 3.17. The van der Waals surface area contributed by atoms with Crippen LogP contribution < -0.4 is 10.6 Å². The van der Waals surface area contributed by atoms with Gasteiger partial charge in [-0.3, -0.25) is 0 Å². The molecule has 1 aliphatic carbocycles. The fourth-order valence-electron chi connectivity index (χ4n) is 2.15. The van der Waals surface area contributed by atoms with Gasteiger partial charge in [0.25, 0.3) is 0 Å². The number of nitrogen functional groups attached to an aromatic ring is 1. The van der Waals surface area contributed by atoms with Crippen LogP contribution in [0, 0.1) is 0 Å². The molecule has 5 heteroatoms. The quantitative estimate of drug-likeness (QED) is 0.600.